The van der Waals surface area contributed by atoms with E-state index < -0.39 is 5.43 Å². The number of aromatic hydroxyl groups is 2. The molecule has 6 nitrogen and oxygen atoms in total. The molecule has 3 rings (SSSR count). The number of ether oxygens (including phenoxy) is 1. The standard InChI is InChI=1S/C30H40O6/c1-7-8-9-14-35-23-16-25-27(21(13-11-18(4)5)26(23)19(6)31)30(34)28-24(36-25)15-22(32)20(29(28)33)12-10-17(2)3/h15-18,32-33H,7-14H2,1-6H3. The predicted octanol–water partition coefficient (Wildman–Crippen LogP) is 7.31. The first-order chi connectivity index (χ1) is 17.1. The number of hydrogen-bond donors (Lipinski definition) is 2. The molecule has 196 valence electrons. The number of rotatable bonds is 12. The number of fused-ring (bicyclic) bond motifs is 2. The minimum absolute atomic E-state index is 0.0379. The van der Waals surface area contributed by atoms with Crippen LogP contribution in [0.25, 0.3) is 21.9 Å². The van der Waals surface area contributed by atoms with Gasteiger partial charge in [0.25, 0.3) is 0 Å². The summed E-state index contributed by atoms with van der Waals surface area (Å²) in [6.45, 7) is 12.4. The van der Waals surface area contributed by atoms with Gasteiger partial charge in [-0.2, -0.15) is 0 Å². The molecule has 0 aliphatic rings. The molecule has 0 amide bonds. The van der Waals surface area contributed by atoms with Crippen molar-refractivity contribution >= 4 is 27.7 Å². The summed E-state index contributed by atoms with van der Waals surface area (Å²) in [5.41, 5.74) is 1.35. The molecule has 0 saturated carbocycles. The van der Waals surface area contributed by atoms with Crippen molar-refractivity contribution in [3.05, 3.63) is 39.0 Å². The van der Waals surface area contributed by atoms with Crippen LogP contribution in [0.15, 0.2) is 21.3 Å². The molecule has 3 aromatic rings. The average Bonchev–Trinajstić information content (AvgIpc) is 2.79. The Morgan fingerprint density at radius 3 is 2.14 bits per heavy atom. The highest BCUT2D eigenvalue weighted by Gasteiger charge is 2.25. The first-order valence-electron chi connectivity index (χ1n) is 13.2. The molecule has 0 unspecified atom stereocenters. The fourth-order valence-electron chi connectivity index (χ4n) is 4.63. The quantitative estimate of drug-likeness (QED) is 0.155. The van der Waals surface area contributed by atoms with E-state index in [0.29, 0.717) is 59.1 Å². The molecule has 0 saturated heterocycles. The maximum Gasteiger partial charge on any atom is 0.204 e. The highest BCUT2D eigenvalue weighted by atomic mass is 16.5. The van der Waals surface area contributed by atoms with Crippen molar-refractivity contribution in [3.8, 4) is 17.2 Å². The van der Waals surface area contributed by atoms with E-state index in [1.807, 2.05) is 0 Å². The second-order valence-electron chi connectivity index (χ2n) is 10.6. The van der Waals surface area contributed by atoms with Gasteiger partial charge in [0.05, 0.1) is 17.6 Å². The van der Waals surface area contributed by atoms with Crippen LogP contribution in [0, 0.1) is 11.8 Å². The molecule has 2 N–H and O–H groups in total. The molecule has 0 radical (unpaired) electrons. The van der Waals surface area contributed by atoms with Crippen LogP contribution in [0.1, 0.15) is 95.1 Å². The third kappa shape index (κ3) is 5.85. The van der Waals surface area contributed by atoms with Crippen LogP contribution < -0.4 is 10.2 Å². The van der Waals surface area contributed by atoms with Crippen LogP contribution in [-0.4, -0.2) is 22.6 Å². The van der Waals surface area contributed by atoms with E-state index in [1.54, 1.807) is 6.07 Å². The van der Waals surface area contributed by atoms with Crippen LogP contribution >= 0.6 is 0 Å². The second-order valence-corrected chi connectivity index (χ2v) is 10.6. The Kier molecular flexibility index (Phi) is 9.04. The van der Waals surface area contributed by atoms with Crippen molar-refractivity contribution in [1.82, 2.24) is 0 Å². The van der Waals surface area contributed by atoms with Crippen LogP contribution in [0.4, 0.5) is 0 Å². The zero-order valence-electron chi connectivity index (χ0n) is 22.5. The highest BCUT2D eigenvalue weighted by Crippen LogP contribution is 2.39. The molecule has 6 heteroatoms. The Morgan fingerprint density at radius 1 is 0.944 bits per heavy atom. The number of Topliss-reactive ketones (excluding diaryl/α,β-unsaturated/α-hetero) is 1. The van der Waals surface area contributed by atoms with Crippen molar-refractivity contribution in [1.29, 1.82) is 0 Å². The van der Waals surface area contributed by atoms with Crippen molar-refractivity contribution in [2.75, 3.05) is 6.61 Å². The minimum atomic E-state index is -0.395. The summed E-state index contributed by atoms with van der Waals surface area (Å²) in [7, 11) is 0. The number of phenolic OH excluding ortho intramolecular Hbond substituents is 2. The van der Waals surface area contributed by atoms with E-state index in [9.17, 15) is 19.8 Å². The number of unbranched alkanes of at least 4 members (excludes halogenated alkanes) is 2. The Hall–Kier alpha value is -3.02. The van der Waals surface area contributed by atoms with Gasteiger partial charge in [0, 0.05) is 17.7 Å². The van der Waals surface area contributed by atoms with Crippen LogP contribution in [0.3, 0.4) is 0 Å². The van der Waals surface area contributed by atoms with Crippen molar-refractivity contribution in [2.45, 2.75) is 86.5 Å². The van der Waals surface area contributed by atoms with E-state index in [1.165, 1.54) is 13.0 Å². The van der Waals surface area contributed by atoms with Crippen LogP contribution in [0.2, 0.25) is 0 Å². The van der Waals surface area contributed by atoms with Gasteiger partial charge in [-0.3, -0.25) is 9.59 Å². The summed E-state index contributed by atoms with van der Waals surface area (Å²) in [5, 5.41) is 22.0. The summed E-state index contributed by atoms with van der Waals surface area (Å²) in [6, 6.07) is 3.01. The van der Waals surface area contributed by atoms with Gasteiger partial charge in [0.2, 0.25) is 5.43 Å². The molecule has 1 aromatic heterocycles. The lowest BCUT2D eigenvalue weighted by atomic mass is 9.91. The fraction of sp³-hybridized carbons (Fsp3) is 0.533. The monoisotopic (exact) mass is 496 g/mol. The topological polar surface area (TPSA) is 97.0 Å². The van der Waals surface area contributed by atoms with E-state index >= 15 is 0 Å². The van der Waals surface area contributed by atoms with Crippen LogP contribution in [-0.2, 0) is 12.8 Å². The molecule has 0 spiro atoms. The second kappa shape index (κ2) is 11.8. The predicted molar refractivity (Wildman–Crippen MR) is 145 cm³/mol. The summed E-state index contributed by atoms with van der Waals surface area (Å²) in [6.07, 6.45) is 5.38. The van der Waals surface area contributed by atoms with Gasteiger partial charge < -0.3 is 19.4 Å². The Labute approximate surface area is 213 Å². The molecule has 1 heterocycles. The average molecular weight is 497 g/mol. The fourth-order valence-corrected chi connectivity index (χ4v) is 4.63. The molecular weight excluding hydrogens is 456 g/mol. The number of aryl methyl sites for hydroxylation is 1. The summed E-state index contributed by atoms with van der Waals surface area (Å²) in [4.78, 5) is 26.8. The number of carbonyl (C=O) groups excluding carboxylic acids is 1. The molecule has 0 fully saturated rings. The molecule has 36 heavy (non-hydrogen) atoms. The normalized spacial score (nSPS) is 11.8. The van der Waals surface area contributed by atoms with E-state index in [-0.39, 0.29) is 33.8 Å². The first kappa shape index (κ1) is 27.6. The highest BCUT2D eigenvalue weighted by molar-refractivity contribution is 6.05. The molecule has 0 aliphatic heterocycles. The lowest BCUT2D eigenvalue weighted by Crippen LogP contribution is -2.13. The zero-order valence-corrected chi connectivity index (χ0v) is 22.5. The maximum atomic E-state index is 13.9. The van der Waals surface area contributed by atoms with Gasteiger partial charge in [-0.1, -0.05) is 47.5 Å². The molecular formula is C30H40O6. The molecule has 0 atom stereocenters. The third-order valence-corrected chi connectivity index (χ3v) is 6.68. The van der Waals surface area contributed by atoms with Crippen molar-refractivity contribution in [2.24, 2.45) is 11.8 Å². The van der Waals surface area contributed by atoms with Crippen molar-refractivity contribution in [3.63, 3.8) is 0 Å². The van der Waals surface area contributed by atoms with Crippen molar-refractivity contribution < 1.29 is 24.2 Å². The number of ketones is 1. The number of carbonyl (C=O) groups is 1. The minimum Gasteiger partial charge on any atom is -0.507 e. The van der Waals surface area contributed by atoms with Gasteiger partial charge in [0.1, 0.15) is 33.8 Å². The smallest absolute Gasteiger partial charge is 0.204 e. The van der Waals surface area contributed by atoms with Gasteiger partial charge in [-0.15, -0.1) is 0 Å². The first-order valence-corrected chi connectivity index (χ1v) is 13.2. The molecule has 0 bridgehead atoms. The molecule has 0 aliphatic carbocycles. The maximum absolute atomic E-state index is 13.9. The van der Waals surface area contributed by atoms with Gasteiger partial charge in [-0.25, -0.2) is 0 Å². The Bertz CT molecular complexity index is 1300. The van der Waals surface area contributed by atoms with E-state index in [4.69, 9.17) is 9.15 Å². The number of phenols is 2. The number of benzene rings is 2. The summed E-state index contributed by atoms with van der Waals surface area (Å²) in [5.74, 6) is 0.612. The molecule has 2 aromatic carbocycles. The number of hydrogen-bond acceptors (Lipinski definition) is 6. The Balaban J connectivity index is 2.33. The van der Waals surface area contributed by atoms with E-state index in [2.05, 4.69) is 34.6 Å². The van der Waals surface area contributed by atoms with Gasteiger partial charge in [-0.05, 0) is 56.4 Å². The van der Waals surface area contributed by atoms with Crippen LogP contribution in [0.5, 0.6) is 17.2 Å². The SMILES string of the molecule is CCCCCOc1cc2oc3cc(O)c(CCC(C)C)c(O)c3c(=O)c2c(CCC(C)C)c1C(C)=O. The van der Waals surface area contributed by atoms with Gasteiger partial charge in [0.15, 0.2) is 5.78 Å². The zero-order chi connectivity index (χ0) is 26.6. The lowest BCUT2D eigenvalue weighted by Gasteiger charge is -2.18. The van der Waals surface area contributed by atoms with E-state index in [0.717, 1.165) is 32.1 Å². The third-order valence-electron chi connectivity index (χ3n) is 6.68. The Morgan fingerprint density at radius 2 is 1.56 bits per heavy atom. The van der Waals surface area contributed by atoms with Gasteiger partial charge >= 0.3 is 0 Å². The summed E-state index contributed by atoms with van der Waals surface area (Å²) < 4.78 is 12.2. The summed E-state index contributed by atoms with van der Waals surface area (Å²) >= 11 is 0. The largest absolute Gasteiger partial charge is 0.507 e. The lowest BCUT2D eigenvalue weighted by molar-refractivity contribution is 0.101.